The molecule has 1 heterocycles. The third-order valence-corrected chi connectivity index (χ3v) is 5.88. The predicted molar refractivity (Wildman–Crippen MR) is 87.9 cm³/mol. The van der Waals surface area contributed by atoms with Crippen LogP contribution in [0.25, 0.3) is 0 Å². The summed E-state index contributed by atoms with van der Waals surface area (Å²) in [6.45, 7) is 4.08. The summed E-state index contributed by atoms with van der Waals surface area (Å²) in [6, 6.07) is 0.213. The number of amides is 1. The molecule has 1 aliphatic rings. The first kappa shape index (κ1) is 16.5. The molecule has 0 saturated heterocycles. The fraction of sp³-hybridized carbons (Fsp3) is 0.769. The zero-order valence-electron chi connectivity index (χ0n) is 12.9. The molecule has 1 fully saturated rings. The van der Waals surface area contributed by atoms with Crippen molar-refractivity contribution in [2.75, 3.05) is 24.7 Å². The van der Waals surface area contributed by atoms with Crippen LogP contribution in [-0.2, 0) is 4.79 Å². The molecule has 0 bridgehead atoms. The summed E-state index contributed by atoms with van der Waals surface area (Å²) in [5, 5.41) is 12.6. The van der Waals surface area contributed by atoms with E-state index in [1.165, 1.54) is 11.3 Å². The van der Waals surface area contributed by atoms with Crippen LogP contribution in [0.2, 0.25) is 0 Å². The molecule has 2 rings (SSSR count). The lowest BCUT2D eigenvalue weighted by Gasteiger charge is -2.33. The van der Waals surface area contributed by atoms with E-state index in [0.717, 1.165) is 22.3 Å². The van der Waals surface area contributed by atoms with Gasteiger partial charge >= 0.3 is 0 Å². The second kappa shape index (κ2) is 6.50. The van der Waals surface area contributed by atoms with Gasteiger partial charge in [0, 0.05) is 25.9 Å². The molecule has 118 valence electrons. The number of primary amides is 1. The van der Waals surface area contributed by atoms with Crippen molar-refractivity contribution in [2.45, 2.75) is 42.6 Å². The van der Waals surface area contributed by atoms with Gasteiger partial charge in [-0.3, -0.25) is 4.79 Å². The summed E-state index contributed by atoms with van der Waals surface area (Å²) >= 11 is 3.09. The molecule has 0 radical (unpaired) electrons. The number of carbonyl (C=O) groups excluding carboxylic acids is 1. The first-order valence-corrected chi connectivity index (χ1v) is 8.86. The van der Waals surface area contributed by atoms with Gasteiger partial charge < -0.3 is 16.0 Å². The molecular weight excluding hydrogens is 306 g/mol. The summed E-state index contributed by atoms with van der Waals surface area (Å²) < 4.78 is 0.871. The highest BCUT2D eigenvalue weighted by molar-refractivity contribution is 8.01. The predicted octanol–water partition coefficient (Wildman–Crippen LogP) is 1.33. The maximum atomic E-state index is 12.1. The van der Waals surface area contributed by atoms with Crippen molar-refractivity contribution in [3.05, 3.63) is 0 Å². The van der Waals surface area contributed by atoms with E-state index in [-0.39, 0.29) is 11.9 Å². The van der Waals surface area contributed by atoms with Gasteiger partial charge in [-0.25, -0.2) is 0 Å². The molecular formula is C13H23N5OS2. The fourth-order valence-corrected chi connectivity index (χ4v) is 4.38. The number of nitrogens with two attached hydrogens (primary N) is 1. The van der Waals surface area contributed by atoms with Crippen LogP contribution in [0.1, 0.15) is 26.7 Å². The molecule has 3 N–H and O–H groups in total. The molecule has 1 atom stereocenters. The van der Waals surface area contributed by atoms with E-state index in [9.17, 15) is 4.79 Å². The van der Waals surface area contributed by atoms with Crippen molar-refractivity contribution < 1.29 is 4.79 Å². The average molecular weight is 329 g/mol. The smallest absolute Gasteiger partial charge is 0.238 e. The van der Waals surface area contributed by atoms with Gasteiger partial charge in [0.25, 0.3) is 0 Å². The average Bonchev–Trinajstić information content (AvgIpc) is 3.12. The molecule has 21 heavy (non-hydrogen) atoms. The quantitative estimate of drug-likeness (QED) is 0.700. The minimum atomic E-state index is -0.636. The molecule has 0 aliphatic heterocycles. The lowest BCUT2D eigenvalue weighted by Crippen LogP contribution is -2.61. The summed E-state index contributed by atoms with van der Waals surface area (Å²) in [7, 11) is 3.88. The summed E-state index contributed by atoms with van der Waals surface area (Å²) in [5.41, 5.74) is 5.09. The highest BCUT2D eigenvalue weighted by Crippen LogP contribution is 2.43. The number of aromatic nitrogens is 2. The van der Waals surface area contributed by atoms with Crippen LogP contribution in [-0.4, -0.2) is 47.5 Å². The lowest BCUT2D eigenvalue weighted by molar-refractivity contribution is -0.124. The molecule has 1 amide bonds. The van der Waals surface area contributed by atoms with Crippen molar-refractivity contribution in [1.82, 2.24) is 15.5 Å². The van der Waals surface area contributed by atoms with Crippen LogP contribution in [0.15, 0.2) is 4.34 Å². The Hall–Kier alpha value is -0.860. The molecule has 0 spiro atoms. The number of rotatable bonds is 8. The van der Waals surface area contributed by atoms with Gasteiger partial charge in [0.05, 0.1) is 0 Å². The Balaban J connectivity index is 2.09. The molecule has 6 nitrogen and oxygen atoms in total. The van der Waals surface area contributed by atoms with Crippen molar-refractivity contribution in [1.29, 1.82) is 0 Å². The Labute approximate surface area is 133 Å². The topological polar surface area (TPSA) is 84.1 Å². The Morgan fingerprint density at radius 1 is 1.52 bits per heavy atom. The molecule has 1 unspecified atom stereocenters. The van der Waals surface area contributed by atoms with Gasteiger partial charge in [-0.2, -0.15) is 0 Å². The van der Waals surface area contributed by atoms with Gasteiger partial charge in [0.2, 0.25) is 11.0 Å². The van der Waals surface area contributed by atoms with E-state index in [4.69, 9.17) is 5.73 Å². The molecule has 0 aromatic carbocycles. The van der Waals surface area contributed by atoms with E-state index in [2.05, 4.69) is 15.5 Å². The fourth-order valence-electron chi connectivity index (χ4n) is 2.33. The second-order valence-electron chi connectivity index (χ2n) is 5.94. The summed E-state index contributed by atoms with van der Waals surface area (Å²) in [5.74, 6) is 0.683. The third-order valence-electron chi connectivity index (χ3n) is 3.46. The number of nitrogens with zero attached hydrogens (tertiary/aromatic N) is 3. The van der Waals surface area contributed by atoms with Crippen LogP contribution >= 0.6 is 23.1 Å². The minimum Gasteiger partial charge on any atom is -0.368 e. The van der Waals surface area contributed by atoms with E-state index in [0.29, 0.717) is 11.7 Å². The van der Waals surface area contributed by atoms with Gasteiger partial charge in [0.1, 0.15) is 5.54 Å². The Kier molecular flexibility index (Phi) is 5.11. The van der Waals surface area contributed by atoms with Crippen LogP contribution in [0.5, 0.6) is 0 Å². The first-order chi connectivity index (χ1) is 9.85. The second-order valence-corrected chi connectivity index (χ2v) is 8.12. The molecule has 1 aromatic heterocycles. The van der Waals surface area contributed by atoms with Crippen molar-refractivity contribution in [2.24, 2.45) is 11.7 Å². The Bertz CT molecular complexity index is 501. The van der Waals surface area contributed by atoms with Crippen LogP contribution in [0.3, 0.4) is 0 Å². The monoisotopic (exact) mass is 329 g/mol. The Morgan fingerprint density at radius 2 is 2.19 bits per heavy atom. The molecule has 1 aromatic rings. The zero-order valence-corrected chi connectivity index (χ0v) is 14.6. The van der Waals surface area contributed by atoms with Crippen LogP contribution in [0, 0.1) is 5.92 Å². The number of nitrogens with one attached hydrogen (secondary N) is 1. The maximum Gasteiger partial charge on any atom is 0.238 e. The molecule has 1 aliphatic carbocycles. The van der Waals surface area contributed by atoms with Gasteiger partial charge in [-0.05, 0) is 32.6 Å². The third kappa shape index (κ3) is 3.87. The highest BCUT2D eigenvalue weighted by Gasteiger charge is 2.50. The van der Waals surface area contributed by atoms with Crippen molar-refractivity contribution in [3.8, 4) is 0 Å². The van der Waals surface area contributed by atoms with Gasteiger partial charge in [-0.15, -0.1) is 10.2 Å². The van der Waals surface area contributed by atoms with E-state index in [1.807, 2.05) is 32.8 Å². The number of hydrogen-bond acceptors (Lipinski definition) is 7. The van der Waals surface area contributed by atoms with Crippen molar-refractivity contribution in [3.63, 3.8) is 0 Å². The van der Waals surface area contributed by atoms with Crippen molar-refractivity contribution >= 4 is 34.1 Å². The van der Waals surface area contributed by atoms with E-state index < -0.39 is 5.54 Å². The van der Waals surface area contributed by atoms with Gasteiger partial charge in [0.15, 0.2) is 4.34 Å². The first-order valence-electron chi connectivity index (χ1n) is 7.06. The Morgan fingerprint density at radius 3 is 2.62 bits per heavy atom. The summed E-state index contributed by atoms with van der Waals surface area (Å²) in [6.07, 6.45) is 2.12. The number of thioether (sulfide) groups is 1. The molecule has 8 heteroatoms. The summed E-state index contributed by atoms with van der Waals surface area (Å²) in [4.78, 5) is 14.0. The SMILES string of the molecule is CC(C)NC(CSc1nnc(N(C)C)s1)(C(N)=O)C1CC1. The number of anilines is 1. The maximum absolute atomic E-state index is 12.1. The number of hydrogen-bond donors (Lipinski definition) is 2. The number of carbonyl (C=O) groups is 1. The van der Waals surface area contributed by atoms with E-state index in [1.54, 1.807) is 11.8 Å². The normalized spacial score (nSPS) is 17.8. The van der Waals surface area contributed by atoms with E-state index >= 15 is 0 Å². The van der Waals surface area contributed by atoms with Crippen LogP contribution < -0.4 is 16.0 Å². The van der Waals surface area contributed by atoms with Gasteiger partial charge in [-0.1, -0.05) is 23.1 Å². The minimum absolute atomic E-state index is 0.213. The lowest BCUT2D eigenvalue weighted by atomic mass is 9.93. The zero-order chi connectivity index (χ0) is 15.6. The van der Waals surface area contributed by atoms with Crippen LogP contribution in [0.4, 0.5) is 5.13 Å². The molecule has 1 saturated carbocycles. The standard InChI is InChI=1S/C13H23N5OS2/c1-8(2)15-13(10(14)19,9-5-6-9)7-20-12-17-16-11(21-12)18(3)4/h8-9,15H,5-7H2,1-4H3,(H2,14,19). The largest absolute Gasteiger partial charge is 0.368 e. The highest BCUT2D eigenvalue weighted by atomic mass is 32.2.